The maximum atomic E-state index is 12.5. The van der Waals surface area contributed by atoms with Gasteiger partial charge in [-0.05, 0) is 25.1 Å². The summed E-state index contributed by atoms with van der Waals surface area (Å²) in [4.78, 5) is 27.7. The first kappa shape index (κ1) is 20.7. The van der Waals surface area contributed by atoms with E-state index in [2.05, 4.69) is 15.5 Å². The molecule has 0 bridgehead atoms. The summed E-state index contributed by atoms with van der Waals surface area (Å²) < 4.78 is 16.7. The number of methoxy groups -OCH3 is 2. The molecule has 3 aromatic rings. The van der Waals surface area contributed by atoms with E-state index in [-0.39, 0.29) is 11.4 Å². The lowest BCUT2D eigenvalue weighted by Gasteiger charge is -2.07. The number of hydrogen-bond acceptors (Lipinski definition) is 9. The zero-order valence-electron chi connectivity index (χ0n) is 15.8. The number of nitrogens with zero attached hydrogens (tertiary/aromatic N) is 2. The van der Waals surface area contributed by atoms with Crippen molar-refractivity contribution in [2.75, 3.05) is 25.3 Å². The Kier molecular flexibility index (Phi) is 6.39. The SMILES string of the molecule is COc1ccc(OC)c(-c2cc(C(=O)Nc3nc(C)c(SCC(N)=O)s3)no2)c1. The lowest BCUT2D eigenvalue weighted by molar-refractivity contribution is -0.115. The summed E-state index contributed by atoms with van der Waals surface area (Å²) in [6.45, 7) is 1.79. The van der Waals surface area contributed by atoms with Crippen LogP contribution in [0.3, 0.4) is 0 Å². The quantitative estimate of drug-likeness (QED) is 0.518. The molecule has 1 aromatic carbocycles. The van der Waals surface area contributed by atoms with Gasteiger partial charge >= 0.3 is 0 Å². The minimum absolute atomic E-state index is 0.0871. The van der Waals surface area contributed by atoms with E-state index < -0.39 is 11.8 Å². The predicted octanol–water partition coefficient (Wildman–Crippen LogP) is 2.95. The summed E-state index contributed by atoms with van der Waals surface area (Å²) in [7, 11) is 3.09. The van der Waals surface area contributed by atoms with Crippen molar-refractivity contribution in [1.82, 2.24) is 10.1 Å². The molecule has 3 rings (SSSR count). The fourth-order valence-electron chi connectivity index (χ4n) is 2.38. The van der Waals surface area contributed by atoms with Crippen LogP contribution in [0.2, 0.25) is 0 Å². The third-order valence-corrected chi connectivity index (χ3v) is 6.19. The molecule has 0 fully saturated rings. The number of thioether (sulfide) groups is 1. The molecule has 0 saturated carbocycles. The van der Waals surface area contributed by atoms with Crippen LogP contribution in [0, 0.1) is 6.92 Å². The number of ether oxygens (including phenoxy) is 2. The molecule has 0 aliphatic carbocycles. The number of nitrogens with two attached hydrogens (primary N) is 1. The summed E-state index contributed by atoms with van der Waals surface area (Å²) in [6.07, 6.45) is 0. The molecule has 0 atom stereocenters. The van der Waals surface area contributed by atoms with Crippen LogP contribution in [-0.2, 0) is 4.79 Å². The molecular formula is C18H18N4O5S2. The molecule has 3 N–H and O–H groups in total. The van der Waals surface area contributed by atoms with E-state index in [0.29, 0.717) is 33.6 Å². The highest BCUT2D eigenvalue weighted by molar-refractivity contribution is 8.01. The number of amides is 2. The van der Waals surface area contributed by atoms with Gasteiger partial charge in [-0.1, -0.05) is 16.5 Å². The van der Waals surface area contributed by atoms with E-state index in [1.807, 2.05) is 0 Å². The fourth-order valence-corrected chi connectivity index (χ4v) is 4.26. The second-order valence-corrected chi connectivity index (χ2v) is 7.99. The van der Waals surface area contributed by atoms with Gasteiger partial charge in [0.25, 0.3) is 5.91 Å². The lowest BCUT2D eigenvalue weighted by atomic mass is 10.1. The number of carbonyl (C=O) groups is 2. The Hall–Kier alpha value is -3.05. The maximum Gasteiger partial charge on any atom is 0.279 e. The van der Waals surface area contributed by atoms with Crippen molar-refractivity contribution in [3.63, 3.8) is 0 Å². The van der Waals surface area contributed by atoms with Crippen LogP contribution >= 0.6 is 23.1 Å². The summed E-state index contributed by atoms with van der Waals surface area (Å²) in [6, 6.07) is 6.73. The van der Waals surface area contributed by atoms with Crippen molar-refractivity contribution in [3.8, 4) is 22.8 Å². The van der Waals surface area contributed by atoms with Crippen LogP contribution in [0.15, 0.2) is 33.0 Å². The predicted molar refractivity (Wildman–Crippen MR) is 110 cm³/mol. The van der Waals surface area contributed by atoms with Crippen LogP contribution in [-0.4, -0.2) is 41.9 Å². The van der Waals surface area contributed by atoms with Gasteiger partial charge in [-0.25, -0.2) is 4.98 Å². The van der Waals surface area contributed by atoms with Gasteiger partial charge in [-0.3, -0.25) is 14.9 Å². The van der Waals surface area contributed by atoms with Gasteiger partial charge in [0, 0.05) is 6.07 Å². The first-order valence-electron chi connectivity index (χ1n) is 8.30. The van der Waals surface area contributed by atoms with Crippen molar-refractivity contribution in [2.24, 2.45) is 5.73 Å². The number of aromatic nitrogens is 2. The lowest BCUT2D eigenvalue weighted by Crippen LogP contribution is -2.12. The van der Waals surface area contributed by atoms with Gasteiger partial charge in [0.1, 0.15) is 11.5 Å². The normalized spacial score (nSPS) is 10.6. The summed E-state index contributed by atoms with van der Waals surface area (Å²) >= 11 is 2.53. The van der Waals surface area contributed by atoms with Crippen LogP contribution < -0.4 is 20.5 Å². The number of rotatable bonds is 8. The van der Waals surface area contributed by atoms with E-state index in [1.54, 1.807) is 32.2 Å². The molecule has 0 aliphatic heterocycles. The third kappa shape index (κ3) is 4.87. The second kappa shape index (κ2) is 8.97. The highest BCUT2D eigenvalue weighted by Gasteiger charge is 2.19. The minimum atomic E-state index is -0.470. The van der Waals surface area contributed by atoms with Crippen molar-refractivity contribution < 1.29 is 23.6 Å². The number of primary amides is 1. The highest BCUT2D eigenvalue weighted by atomic mass is 32.2. The summed E-state index contributed by atoms with van der Waals surface area (Å²) in [5.74, 6) is 0.784. The van der Waals surface area contributed by atoms with Crippen LogP contribution in [0.25, 0.3) is 11.3 Å². The van der Waals surface area contributed by atoms with Crippen molar-refractivity contribution in [3.05, 3.63) is 35.7 Å². The zero-order valence-corrected chi connectivity index (χ0v) is 17.5. The number of hydrogen-bond donors (Lipinski definition) is 2. The second-order valence-electron chi connectivity index (χ2n) is 5.74. The Labute approximate surface area is 174 Å². The van der Waals surface area contributed by atoms with Gasteiger partial charge in [0.15, 0.2) is 16.6 Å². The molecule has 2 amide bonds. The summed E-state index contributed by atoms with van der Waals surface area (Å²) in [5.41, 5.74) is 6.56. The van der Waals surface area contributed by atoms with Crippen molar-refractivity contribution in [1.29, 1.82) is 0 Å². The van der Waals surface area contributed by atoms with Gasteiger partial charge in [-0.2, -0.15) is 0 Å². The van der Waals surface area contributed by atoms with Gasteiger partial charge in [0.2, 0.25) is 5.91 Å². The number of nitrogens with one attached hydrogen (secondary N) is 1. The van der Waals surface area contributed by atoms with Gasteiger partial charge < -0.3 is 19.7 Å². The van der Waals surface area contributed by atoms with E-state index >= 15 is 0 Å². The van der Waals surface area contributed by atoms with Crippen LogP contribution in [0.5, 0.6) is 11.5 Å². The number of thiazole rings is 1. The molecule has 0 saturated heterocycles. The highest BCUT2D eigenvalue weighted by Crippen LogP contribution is 2.34. The molecule has 2 aromatic heterocycles. The fraction of sp³-hybridized carbons (Fsp3) is 0.222. The molecule has 0 spiro atoms. The Bertz CT molecular complexity index is 1050. The standard InChI is InChI=1S/C18H18N4O5S2/c1-9-17(28-8-15(19)23)29-18(20-9)21-16(24)12-7-14(27-22-12)11-6-10(25-2)4-5-13(11)26-3/h4-7H,8H2,1-3H3,(H2,19,23)(H,20,21,24). The molecule has 11 heteroatoms. The number of benzene rings is 1. The van der Waals surface area contributed by atoms with Crippen LogP contribution in [0.1, 0.15) is 16.2 Å². The van der Waals surface area contributed by atoms with Gasteiger partial charge in [0.05, 0.1) is 35.4 Å². The first-order chi connectivity index (χ1) is 13.9. The Balaban J connectivity index is 1.77. The average Bonchev–Trinajstić information content (AvgIpc) is 3.32. The molecule has 152 valence electrons. The average molecular weight is 434 g/mol. The Morgan fingerprint density at radius 3 is 2.76 bits per heavy atom. The molecular weight excluding hydrogens is 416 g/mol. The van der Waals surface area contributed by atoms with E-state index in [0.717, 1.165) is 4.21 Å². The van der Waals surface area contributed by atoms with Crippen molar-refractivity contribution >= 4 is 40.0 Å². The Morgan fingerprint density at radius 2 is 2.07 bits per heavy atom. The van der Waals surface area contributed by atoms with E-state index in [4.69, 9.17) is 19.7 Å². The molecule has 0 radical (unpaired) electrons. The van der Waals surface area contributed by atoms with Crippen molar-refractivity contribution in [2.45, 2.75) is 11.1 Å². The molecule has 0 unspecified atom stereocenters. The number of carbonyl (C=O) groups excluding carboxylic acids is 2. The smallest absolute Gasteiger partial charge is 0.279 e. The van der Waals surface area contributed by atoms with Crippen LogP contribution in [0.4, 0.5) is 5.13 Å². The molecule has 2 heterocycles. The molecule has 29 heavy (non-hydrogen) atoms. The molecule has 9 nitrogen and oxygen atoms in total. The largest absolute Gasteiger partial charge is 0.497 e. The number of aryl methyl sites for hydroxylation is 1. The summed E-state index contributed by atoms with van der Waals surface area (Å²) in [5, 5.41) is 6.91. The van der Waals surface area contributed by atoms with E-state index in [9.17, 15) is 9.59 Å². The van der Waals surface area contributed by atoms with Gasteiger partial charge in [-0.15, -0.1) is 11.8 Å². The molecule has 0 aliphatic rings. The minimum Gasteiger partial charge on any atom is -0.497 e. The topological polar surface area (TPSA) is 130 Å². The first-order valence-corrected chi connectivity index (χ1v) is 10.1. The zero-order chi connectivity index (χ0) is 21.0. The Morgan fingerprint density at radius 1 is 1.28 bits per heavy atom. The number of anilines is 1. The van der Waals surface area contributed by atoms with E-state index in [1.165, 1.54) is 36.3 Å². The maximum absolute atomic E-state index is 12.5. The third-order valence-electron chi connectivity index (χ3n) is 3.73. The monoisotopic (exact) mass is 434 g/mol.